The largest absolute Gasteiger partial charge is 0.379 e. The van der Waals surface area contributed by atoms with Crippen molar-refractivity contribution >= 4 is 17.5 Å². The number of pyridine rings is 1. The normalized spacial score (nSPS) is 15.0. The molecule has 3 heterocycles. The van der Waals surface area contributed by atoms with E-state index in [4.69, 9.17) is 4.74 Å². The van der Waals surface area contributed by atoms with Crippen molar-refractivity contribution in [3.05, 3.63) is 41.2 Å². The molecule has 1 fully saturated rings. The van der Waals surface area contributed by atoms with Crippen LogP contribution < -0.4 is 10.6 Å². The van der Waals surface area contributed by atoms with E-state index in [1.165, 1.54) is 0 Å². The van der Waals surface area contributed by atoms with Gasteiger partial charge in [0.15, 0.2) is 11.5 Å². The van der Waals surface area contributed by atoms with Crippen LogP contribution in [0.15, 0.2) is 24.4 Å². The molecule has 1 aliphatic rings. The third-order valence-electron chi connectivity index (χ3n) is 4.48. The van der Waals surface area contributed by atoms with Crippen LogP contribution in [0.5, 0.6) is 0 Å². The van der Waals surface area contributed by atoms with E-state index in [9.17, 15) is 4.79 Å². The lowest BCUT2D eigenvalue weighted by Crippen LogP contribution is -2.35. The summed E-state index contributed by atoms with van der Waals surface area (Å²) in [6, 6.07) is 5.84. The van der Waals surface area contributed by atoms with Gasteiger partial charge in [0, 0.05) is 35.7 Å². The summed E-state index contributed by atoms with van der Waals surface area (Å²) in [6.07, 6.45) is 1.87. The van der Waals surface area contributed by atoms with Gasteiger partial charge in [-0.05, 0) is 29.2 Å². The molecule has 0 unspecified atom stereocenters. The molecule has 0 radical (unpaired) electrons. The Morgan fingerprint density at radius 2 is 2.04 bits per heavy atom. The van der Waals surface area contributed by atoms with E-state index in [0.29, 0.717) is 17.3 Å². The summed E-state index contributed by atoms with van der Waals surface area (Å²) in [5, 5.41) is 14.0. The molecule has 0 atom stereocenters. The molecule has 1 amide bonds. The third-order valence-corrected chi connectivity index (χ3v) is 4.48. The molecule has 2 N–H and O–H groups in total. The van der Waals surface area contributed by atoms with Crippen molar-refractivity contribution in [3.8, 4) is 0 Å². The molecule has 27 heavy (non-hydrogen) atoms. The van der Waals surface area contributed by atoms with Crippen LogP contribution in [-0.2, 0) is 11.3 Å². The van der Waals surface area contributed by atoms with Crippen LogP contribution in [0.4, 0.5) is 11.6 Å². The zero-order valence-corrected chi connectivity index (χ0v) is 16.0. The minimum atomic E-state index is -0.233. The molecule has 0 aliphatic carbocycles. The Kier molecular flexibility index (Phi) is 6.31. The minimum Gasteiger partial charge on any atom is -0.379 e. The topological polar surface area (TPSA) is 92.3 Å². The second-order valence-corrected chi connectivity index (χ2v) is 6.83. The average Bonchev–Trinajstić information content (AvgIpc) is 2.69. The summed E-state index contributed by atoms with van der Waals surface area (Å²) >= 11 is 0. The van der Waals surface area contributed by atoms with Crippen LogP contribution in [0.1, 0.15) is 44.2 Å². The molecule has 8 heteroatoms. The second kappa shape index (κ2) is 8.88. The summed E-state index contributed by atoms with van der Waals surface area (Å²) in [4.78, 5) is 18.8. The summed E-state index contributed by atoms with van der Waals surface area (Å²) in [6.45, 7) is 8.38. The molecule has 2 aromatic heterocycles. The van der Waals surface area contributed by atoms with Gasteiger partial charge < -0.3 is 15.4 Å². The van der Waals surface area contributed by atoms with Gasteiger partial charge in [-0.15, -0.1) is 10.2 Å². The predicted molar refractivity (Wildman–Crippen MR) is 107 cm³/mol. The Labute approximate surface area is 162 Å². The fourth-order valence-corrected chi connectivity index (χ4v) is 2.94. The summed E-state index contributed by atoms with van der Waals surface area (Å²) in [7, 11) is 1.59. The maximum atomic E-state index is 12.0. The second-order valence-electron chi connectivity index (χ2n) is 6.83. The molecule has 3 rings (SSSR count). The van der Waals surface area contributed by atoms with Crippen LogP contribution in [-0.4, -0.2) is 59.3 Å². The van der Waals surface area contributed by atoms with Crippen molar-refractivity contribution in [1.29, 1.82) is 0 Å². The highest BCUT2D eigenvalue weighted by Crippen LogP contribution is 2.22. The number of hydrogen-bond donors (Lipinski definition) is 2. The summed E-state index contributed by atoms with van der Waals surface area (Å²) < 4.78 is 5.37. The van der Waals surface area contributed by atoms with Crippen molar-refractivity contribution in [3.63, 3.8) is 0 Å². The summed E-state index contributed by atoms with van der Waals surface area (Å²) in [5.41, 5.74) is 2.36. The van der Waals surface area contributed by atoms with Crippen LogP contribution in [0, 0.1) is 0 Å². The molecule has 0 saturated carbocycles. The first-order valence-electron chi connectivity index (χ1n) is 9.18. The molecule has 0 bridgehead atoms. The zero-order valence-electron chi connectivity index (χ0n) is 16.0. The Morgan fingerprint density at radius 1 is 1.26 bits per heavy atom. The average molecular weight is 374 g/mol. The fourth-order valence-electron chi connectivity index (χ4n) is 2.94. The molecule has 148 valence electrons. The highest BCUT2D eigenvalue weighted by molar-refractivity contribution is 5.93. The van der Waals surface area contributed by atoms with Gasteiger partial charge in [-0.25, -0.2) is 4.98 Å². The van der Waals surface area contributed by atoms with Gasteiger partial charge >= 0.3 is 0 Å². The smallest absolute Gasteiger partial charge is 0.271 e. The van der Waals surface area contributed by atoms with Gasteiger partial charge in [0.1, 0.15) is 5.82 Å². The van der Waals surface area contributed by atoms with Gasteiger partial charge in [-0.3, -0.25) is 9.69 Å². The molecule has 8 nitrogen and oxygen atoms in total. The highest BCUT2D eigenvalue weighted by atomic mass is 16.5. The van der Waals surface area contributed by atoms with E-state index in [0.717, 1.165) is 44.0 Å². The van der Waals surface area contributed by atoms with Crippen molar-refractivity contribution in [2.24, 2.45) is 0 Å². The van der Waals surface area contributed by atoms with E-state index in [1.54, 1.807) is 7.05 Å². The Balaban J connectivity index is 0.00000210. The fraction of sp³-hybridized carbons (Fsp3) is 0.474. The molecular formula is C19H30N6O2. The van der Waals surface area contributed by atoms with Crippen molar-refractivity contribution in [1.82, 2.24) is 25.4 Å². The number of ether oxygens (including phenoxy) is 1. The van der Waals surface area contributed by atoms with E-state index in [1.807, 2.05) is 32.2 Å². The molecule has 1 aliphatic heterocycles. The van der Waals surface area contributed by atoms with Gasteiger partial charge in [0.2, 0.25) is 0 Å². The van der Waals surface area contributed by atoms with E-state index in [2.05, 4.69) is 36.8 Å². The maximum Gasteiger partial charge on any atom is 0.271 e. The van der Waals surface area contributed by atoms with Gasteiger partial charge in [-0.1, -0.05) is 19.9 Å². The molecule has 0 spiro atoms. The lowest BCUT2D eigenvalue weighted by molar-refractivity contribution is 0.0341. The van der Waals surface area contributed by atoms with Crippen molar-refractivity contribution in [2.45, 2.75) is 26.3 Å². The third kappa shape index (κ3) is 4.99. The SMILES string of the molecule is CNC(=O)c1nnc(Nc2ccc(CN3CCOCC3)cn2)cc1C(C)C.[HH].[HH]. The van der Waals surface area contributed by atoms with Crippen LogP contribution >= 0.6 is 0 Å². The quantitative estimate of drug-likeness (QED) is 0.802. The highest BCUT2D eigenvalue weighted by Gasteiger charge is 2.17. The van der Waals surface area contributed by atoms with Gasteiger partial charge in [0.25, 0.3) is 5.91 Å². The number of nitrogens with one attached hydrogen (secondary N) is 2. The standard InChI is InChI=1S/C19H26N6O2.2H2/c1-13(2)15-10-17(23-24-18(15)19(26)20-3)22-16-5-4-14(11-21-16)12-25-6-8-27-9-7-25;;/h4-5,10-11,13H,6-9,12H2,1-3H3,(H,20,26)(H,21,22,23);2*1H. The molecule has 0 aromatic carbocycles. The molecule has 2 aromatic rings. The Morgan fingerprint density at radius 3 is 2.67 bits per heavy atom. The van der Waals surface area contributed by atoms with E-state index >= 15 is 0 Å². The number of rotatable bonds is 6. The molecule has 1 saturated heterocycles. The van der Waals surface area contributed by atoms with Crippen LogP contribution in [0.25, 0.3) is 0 Å². The lowest BCUT2D eigenvalue weighted by Gasteiger charge is -2.26. The first-order chi connectivity index (χ1) is 13.1. The Bertz CT molecular complexity index is 783. The predicted octanol–water partition coefficient (Wildman–Crippen LogP) is 2.42. The van der Waals surface area contributed by atoms with Gasteiger partial charge in [-0.2, -0.15) is 0 Å². The number of amides is 1. The number of carbonyl (C=O) groups is 1. The monoisotopic (exact) mass is 374 g/mol. The number of anilines is 2. The Hall–Kier alpha value is -2.58. The number of morpholine rings is 1. The first kappa shape index (κ1) is 19.2. The van der Waals surface area contributed by atoms with Crippen LogP contribution in [0.2, 0.25) is 0 Å². The van der Waals surface area contributed by atoms with Crippen molar-refractivity contribution < 1.29 is 12.4 Å². The maximum absolute atomic E-state index is 12.0. The first-order valence-corrected chi connectivity index (χ1v) is 9.18. The van der Waals surface area contributed by atoms with Crippen LogP contribution in [0.3, 0.4) is 0 Å². The number of carbonyl (C=O) groups excluding carboxylic acids is 1. The van der Waals surface area contributed by atoms with E-state index in [-0.39, 0.29) is 14.7 Å². The van der Waals surface area contributed by atoms with Crippen molar-refractivity contribution in [2.75, 3.05) is 38.7 Å². The lowest BCUT2D eigenvalue weighted by atomic mass is 10.0. The van der Waals surface area contributed by atoms with Gasteiger partial charge in [0.05, 0.1) is 13.2 Å². The zero-order chi connectivity index (χ0) is 19.2. The number of aromatic nitrogens is 3. The number of nitrogens with zero attached hydrogens (tertiary/aromatic N) is 4. The molecular weight excluding hydrogens is 344 g/mol. The van der Waals surface area contributed by atoms with E-state index < -0.39 is 0 Å². The number of hydrogen-bond acceptors (Lipinski definition) is 7. The summed E-state index contributed by atoms with van der Waals surface area (Å²) in [5.74, 6) is 1.18. The minimum absolute atomic E-state index is 0.